The van der Waals surface area contributed by atoms with Crippen LogP contribution in [0, 0.1) is 5.82 Å². The molecule has 5 heteroatoms. The van der Waals surface area contributed by atoms with Gasteiger partial charge >= 0.3 is 5.97 Å². The molecule has 2 fully saturated rings. The minimum Gasteiger partial charge on any atom is -0.489 e. The molecule has 2 bridgehead atoms. The summed E-state index contributed by atoms with van der Waals surface area (Å²) in [6.45, 7) is 0. The van der Waals surface area contributed by atoms with E-state index in [1.165, 1.54) is 12.1 Å². The molecular weight excluding hydrogens is 249 g/mol. The lowest BCUT2D eigenvalue weighted by molar-refractivity contribution is 0.0678. The van der Waals surface area contributed by atoms with Gasteiger partial charge in [0.05, 0.1) is 0 Å². The van der Waals surface area contributed by atoms with Gasteiger partial charge in [0.25, 0.3) is 0 Å². The molecule has 2 heterocycles. The van der Waals surface area contributed by atoms with Crippen LogP contribution in [0.4, 0.5) is 4.39 Å². The number of nitrogens with one attached hydrogen (secondary N) is 1. The summed E-state index contributed by atoms with van der Waals surface area (Å²) in [5.41, 5.74) is -0.367. The van der Waals surface area contributed by atoms with E-state index in [1.54, 1.807) is 0 Å². The highest BCUT2D eigenvalue weighted by atomic mass is 19.1. The first-order valence-corrected chi connectivity index (χ1v) is 6.58. The minimum atomic E-state index is -1.29. The molecular formula is C14H16FNO3. The van der Waals surface area contributed by atoms with E-state index in [4.69, 9.17) is 9.84 Å². The average Bonchev–Trinajstić information content (AvgIpc) is 2.68. The minimum absolute atomic E-state index is 0.0290. The number of ether oxygens (including phenoxy) is 1. The standard InChI is InChI=1S/C14H16FNO3/c15-11-2-1-3-12(13(11)14(17)18)19-10-6-8-4-5-9(7-10)16-8/h1-3,8-10,16H,4-7H2,(H,17,18). The number of hydrogen-bond donors (Lipinski definition) is 2. The van der Waals surface area contributed by atoms with Crippen LogP contribution in [-0.2, 0) is 0 Å². The van der Waals surface area contributed by atoms with Gasteiger partial charge in [-0.25, -0.2) is 9.18 Å². The molecule has 0 radical (unpaired) electrons. The van der Waals surface area contributed by atoms with Crippen LogP contribution < -0.4 is 10.1 Å². The molecule has 1 aromatic rings. The zero-order valence-corrected chi connectivity index (χ0v) is 10.4. The molecule has 2 aliphatic heterocycles. The van der Waals surface area contributed by atoms with Crippen molar-refractivity contribution < 1.29 is 19.0 Å². The Morgan fingerprint density at radius 1 is 1.32 bits per heavy atom. The lowest BCUT2D eigenvalue weighted by atomic mass is 10.0. The van der Waals surface area contributed by atoms with E-state index >= 15 is 0 Å². The molecule has 19 heavy (non-hydrogen) atoms. The maximum atomic E-state index is 13.5. The van der Waals surface area contributed by atoms with Crippen molar-refractivity contribution in [2.24, 2.45) is 0 Å². The highest BCUT2D eigenvalue weighted by Crippen LogP contribution is 2.31. The van der Waals surface area contributed by atoms with Crippen LogP contribution in [0.1, 0.15) is 36.0 Å². The van der Waals surface area contributed by atoms with E-state index in [0.717, 1.165) is 31.7 Å². The van der Waals surface area contributed by atoms with Gasteiger partial charge in [-0.3, -0.25) is 0 Å². The summed E-state index contributed by atoms with van der Waals surface area (Å²) in [5, 5.41) is 12.5. The molecule has 2 N–H and O–H groups in total. The lowest BCUT2D eigenvalue weighted by Gasteiger charge is -2.29. The molecule has 3 rings (SSSR count). The van der Waals surface area contributed by atoms with Crippen molar-refractivity contribution >= 4 is 5.97 Å². The van der Waals surface area contributed by atoms with Crippen LogP contribution in [0.2, 0.25) is 0 Å². The van der Waals surface area contributed by atoms with Gasteiger partial charge in [-0.05, 0) is 37.8 Å². The molecule has 2 aliphatic rings. The number of halogens is 1. The monoisotopic (exact) mass is 265 g/mol. The van der Waals surface area contributed by atoms with E-state index in [2.05, 4.69) is 5.32 Å². The Morgan fingerprint density at radius 2 is 2.00 bits per heavy atom. The third-order valence-corrected chi connectivity index (χ3v) is 3.91. The smallest absolute Gasteiger partial charge is 0.342 e. The van der Waals surface area contributed by atoms with Gasteiger partial charge in [-0.1, -0.05) is 6.07 Å². The molecule has 2 unspecified atom stereocenters. The Morgan fingerprint density at radius 3 is 2.63 bits per heavy atom. The van der Waals surface area contributed by atoms with Crippen LogP contribution in [-0.4, -0.2) is 29.3 Å². The fourth-order valence-electron chi connectivity index (χ4n) is 3.09. The second-order valence-corrected chi connectivity index (χ2v) is 5.27. The van der Waals surface area contributed by atoms with Crippen LogP contribution in [0.15, 0.2) is 18.2 Å². The molecule has 4 nitrogen and oxygen atoms in total. The largest absolute Gasteiger partial charge is 0.489 e. The SMILES string of the molecule is O=C(O)c1c(F)cccc1OC1CC2CCC(C1)N2. The number of benzene rings is 1. The zero-order valence-electron chi connectivity index (χ0n) is 10.4. The van der Waals surface area contributed by atoms with Crippen molar-refractivity contribution in [1.29, 1.82) is 0 Å². The van der Waals surface area contributed by atoms with E-state index in [0.29, 0.717) is 12.1 Å². The third-order valence-electron chi connectivity index (χ3n) is 3.91. The van der Waals surface area contributed by atoms with Gasteiger partial charge in [0.2, 0.25) is 0 Å². The summed E-state index contributed by atoms with van der Waals surface area (Å²) in [5.74, 6) is -1.90. The molecule has 0 aromatic heterocycles. The van der Waals surface area contributed by atoms with Crippen LogP contribution >= 0.6 is 0 Å². The van der Waals surface area contributed by atoms with Gasteiger partial charge < -0.3 is 15.2 Å². The Bertz CT molecular complexity index is 493. The molecule has 0 spiro atoms. The summed E-state index contributed by atoms with van der Waals surface area (Å²) in [4.78, 5) is 11.1. The predicted molar refractivity (Wildman–Crippen MR) is 67.0 cm³/mol. The lowest BCUT2D eigenvalue weighted by Crippen LogP contribution is -2.42. The van der Waals surface area contributed by atoms with Gasteiger partial charge in [0.15, 0.2) is 0 Å². The first kappa shape index (κ1) is 12.4. The molecule has 0 aliphatic carbocycles. The fourth-order valence-corrected chi connectivity index (χ4v) is 3.09. The Kier molecular flexibility index (Phi) is 3.14. The summed E-state index contributed by atoms with van der Waals surface area (Å²) >= 11 is 0. The molecule has 2 saturated heterocycles. The van der Waals surface area contributed by atoms with Gasteiger partial charge in [0.1, 0.15) is 23.2 Å². The van der Waals surface area contributed by atoms with Crippen LogP contribution in [0.5, 0.6) is 5.75 Å². The molecule has 2 atom stereocenters. The van der Waals surface area contributed by atoms with Crippen molar-refractivity contribution in [3.63, 3.8) is 0 Å². The number of piperidine rings is 1. The predicted octanol–water partition coefficient (Wildman–Crippen LogP) is 2.19. The summed E-state index contributed by atoms with van der Waals surface area (Å²) < 4.78 is 19.3. The van der Waals surface area contributed by atoms with Crippen molar-refractivity contribution in [3.05, 3.63) is 29.6 Å². The van der Waals surface area contributed by atoms with Crippen molar-refractivity contribution in [1.82, 2.24) is 5.32 Å². The number of carboxylic acids is 1. The average molecular weight is 265 g/mol. The molecule has 0 amide bonds. The molecule has 1 aromatic carbocycles. The van der Waals surface area contributed by atoms with E-state index < -0.39 is 11.8 Å². The van der Waals surface area contributed by atoms with E-state index in [1.807, 2.05) is 0 Å². The number of carboxylic acid groups (broad SMARTS) is 1. The quantitative estimate of drug-likeness (QED) is 0.879. The topological polar surface area (TPSA) is 58.6 Å². The third kappa shape index (κ3) is 2.42. The number of hydrogen-bond acceptors (Lipinski definition) is 3. The highest BCUT2D eigenvalue weighted by Gasteiger charge is 2.35. The Labute approximate surface area is 110 Å². The van der Waals surface area contributed by atoms with Gasteiger partial charge in [0, 0.05) is 12.1 Å². The fraction of sp³-hybridized carbons (Fsp3) is 0.500. The van der Waals surface area contributed by atoms with Crippen LogP contribution in [0.25, 0.3) is 0 Å². The second kappa shape index (κ2) is 4.81. The first-order chi connectivity index (χ1) is 9.13. The van der Waals surface area contributed by atoms with Crippen LogP contribution in [0.3, 0.4) is 0 Å². The number of fused-ring (bicyclic) bond motifs is 2. The first-order valence-electron chi connectivity index (χ1n) is 6.58. The summed E-state index contributed by atoms with van der Waals surface area (Å²) in [6.07, 6.45) is 3.95. The highest BCUT2D eigenvalue weighted by molar-refractivity contribution is 5.91. The number of carbonyl (C=O) groups is 1. The zero-order chi connectivity index (χ0) is 13.4. The second-order valence-electron chi connectivity index (χ2n) is 5.27. The van der Waals surface area contributed by atoms with Crippen molar-refractivity contribution in [2.75, 3.05) is 0 Å². The maximum absolute atomic E-state index is 13.5. The molecule has 102 valence electrons. The van der Waals surface area contributed by atoms with Crippen molar-refractivity contribution in [2.45, 2.75) is 43.9 Å². The number of rotatable bonds is 3. The number of aromatic carboxylic acids is 1. The van der Waals surface area contributed by atoms with E-state index in [9.17, 15) is 9.18 Å². The van der Waals surface area contributed by atoms with Crippen molar-refractivity contribution in [3.8, 4) is 5.75 Å². The Balaban J connectivity index is 1.80. The Hall–Kier alpha value is -1.62. The summed E-state index contributed by atoms with van der Waals surface area (Å²) in [6, 6.07) is 5.04. The molecule has 0 saturated carbocycles. The normalized spacial score (nSPS) is 29.2. The van der Waals surface area contributed by atoms with E-state index in [-0.39, 0.29) is 17.4 Å². The van der Waals surface area contributed by atoms with Gasteiger partial charge in [-0.2, -0.15) is 0 Å². The maximum Gasteiger partial charge on any atom is 0.342 e. The van der Waals surface area contributed by atoms with Gasteiger partial charge in [-0.15, -0.1) is 0 Å². The summed E-state index contributed by atoms with van der Waals surface area (Å²) in [7, 11) is 0.